The van der Waals surface area contributed by atoms with Crippen molar-refractivity contribution in [2.75, 3.05) is 0 Å². The van der Waals surface area contributed by atoms with E-state index in [1.807, 2.05) is 6.92 Å². The summed E-state index contributed by atoms with van der Waals surface area (Å²) in [5.41, 5.74) is 5.48. The number of hydrogen-bond acceptors (Lipinski definition) is 2. The van der Waals surface area contributed by atoms with E-state index in [1.165, 1.54) is 11.1 Å². The van der Waals surface area contributed by atoms with Crippen LogP contribution >= 0.6 is 0 Å². The van der Waals surface area contributed by atoms with Gasteiger partial charge in [0.25, 0.3) is 0 Å². The maximum absolute atomic E-state index is 10.4. The first-order valence-electron chi connectivity index (χ1n) is 5.17. The van der Waals surface area contributed by atoms with E-state index in [0.717, 1.165) is 16.8 Å². The number of nitrogens with zero attached hydrogens (tertiary/aromatic N) is 1. The molecule has 15 heavy (non-hydrogen) atoms. The minimum Gasteiger partial charge on any atom is -0.211 e. The number of hydrogen-bond donors (Lipinski definition) is 0. The Labute approximate surface area is 91.0 Å². The van der Waals surface area contributed by atoms with Crippen molar-refractivity contribution in [2.24, 2.45) is 4.99 Å². The first-order chi connectivity index (χ1) is 6.99. The van der Waals surface area contributed by atoms with Gasteiger partial charge in [-0.2, -0.15) is 4.99 Å². The molecule has 0 atom stereocenters. The minimum absolute atomic E-state index is 0.371. The first kappa shape index (κ1) is 11.7. The smallest absolute Gasteiger partial charge is 0.211 e. The monoisotopic (exact) mass is 203 g/mol. The minimum atomic E-state index is 0.371. The molecule has 0 fully saturated rings. The van der Waals surface area contributed by atoms with E-state index in [4.69, 9.17) is 0 Å². The molecule has 0 aliphatic rings. The molecule has 0 N–H and O–H groups in total. The lowest BCUT2D eigenvalue weighted by molar-refractivity contribution is 0.565. The third-order valence-electron chi connectivity index (χ3n) is 2.79. The number of rotatable bonds is 2. The Morgan fingerprint density at radius 3 is 2.27 bits per heavy atom. The molecular weight excluding hydrogens is 186 g/mol. The summed E-state index contributed by atoms with van der Waals surface area (Å²) in [5, 5.41) is 0. The summed E-state index contributed by atoms with van der Waals surface area (Å²) in [6, 6.07) is 2.07. The first-order valence-corrected chi connectivity index (χ1v) is 5.17. The van der Waals surface area contributed by atoms with Crippen molar-refractivity contribution in [1.29, 1.82) is 0 Å². The van der Waals surface area contributed by atoms with Gasteiger partial charge in [0.05, 0.1) is 5.69 Å². The fourth-order valence-electron chi connectivity index (χ4n) is 2.00. The van der Waals surface area contributed by atoms with E-state index in [2.05, 4.69) is 38.8 Å². The van der Waals surface area contributed by atoms with Crippen molar-refractivity contribution in [1.82, 2.24) is 0 Å². The number of aliphatic imine (C=N–C) groups is 1. The molecule has 0 amide bonds. The molecule has 0 aromatic heterocycles. The number of carbonyl (C=O) groups excluding carboxylic acids is 1. The van der Waals surface area contributed by atoms with Crippen molar-refractivity contribution in [3.05, 3.63) is 28.3 Å². The normalized spacial score (nSPS) is 10.3. The highest BCUT2D eigenvalue weighted by atomic mass is 16.1. The summed E-state index contributed by atoms with van der Waals surface area (Å²) < 4.78 is 0. The predicted molar refractivity (Wildman–Crippen MR) is 62.5 cm³/mol. The highest BCUT2D eigenvalue weighted by Gasteiger charge is 2.13. The highest BCUT2D eigenvalue weighted by Crippen LogP contribution is 2.34. The summed E-state index contributed by atoms with van der Waals surface area (Å²) >= 11 is 0. The Balaban J connectivity index is 3.61. The Morgan fingerprint density at radius 2 is 1.80 bits per heavy atom. The molecule has 0 aliphatic heterocycles. The predicted octanol–water partition coefficient (Wildman–Crippen LogP) is 3.70. The second-order valence-corrected chi connectivity index (χ2v) is 4.26. The zero-order chi connectivity index (χ0) is 11.6. The maximum Gasteiger partial charge on any atom is 0.240 e. The maximum atomic E-state index is 10.4. The van der Waals surface area contributed by atoms with E-state index in [9.17, 15) is 4.79 Å². The van der Waals surface area contributed by atoms with Crippen LogP contribution in [0.15, 0.2) is 11.1 Å². The largest absolute Gasteiger partial charge is 0.240 e. The summed E-state index contributed by atoms with van der Waals surface area (Å²) in [5.74, 6) is 0.371. The lowest BCUT2D eigenvalue weighted by atomic mass is 9.90. The summed E-state index contributed by atoms with van der Waals surface area (Å²) in [7, 11) is 0. The number of isocyanates is 1. The van der Waals surface area contributed by atoms with Crippen molar-refractivity contribution in [3.63, 3.8) is 0 Å². The van der Waals surface area contributed by atoms with Gasteiger partial charge < -0.3 is 0 Å². The van der Waals surface area contributed by atoms with Gasteiger partial charge in [-0.15, -0.1) is 0 Å². The standard InChI is InChI=1S/C13H17NO/c1-8(2)12-11(5)9(3)6-10(4)13(12)14-7-15/h6,8H,1-5H3. The van der Waals surface area contributed by atoms with Crippen molar-refractivity contribution >= 4 is 11.8 Å². The van der Waals surface area contributed by atoms with E-state index >= 15 is 0 Å². The lowest BCUT2D eigenvalue weighted by Crippen LogP contribution is -1.97. The van der Waals surface area contributed by atoms with Gasteiger partial charge in [0.1, 0.15) is 0 Å². The lowest BCUT2D eigenvalue weighted by Gasteiger charge is -2.16. The van der Waals surface area contributed by atoms with Crippen LogP contribution in [0.25, 0.3) is 0 Å². The molecule has 0 heterocycles. The topological polar surface area (TPSA) is 29.4 Å². The highest BCUT2D eigenvalue weighted by molar-refractivity contribution is 5.63. The molecule has 80 valence electrons. The average molecular weight is 203 g/mol. The van der Waals surface area contributed by atoms with Crippen LogP contribution < -0.4 is 0 Å². The summed E-state index contributed by atoms with van der Waals surface area (Å²) in [6.45, 7) is 10.4. The van der Waals surface area contributed by atoms with Crippen molar-refractivity contribution < 1.29 is 4.79 Å². The Kier molecular flexibility index (Phi) is 3.43. The zero-order valence-electron chi connectivity index (χ0n) is 10.0. The molecule has 0 saturated heterocycles. The van der Waals surface area contributed by atoms with Crippen LogP contribution in [0.2, 0.25) is 0 Å². The molecule has 0 spiro atoms. The van der Waals surface area contributed by atoms with E-state index in [-0.39, 0.29) is 0 Å². The SMILES string of the molecule is Cc1cc(C)c(N=C=O)c(C(C)C)c1C. The third kappa shape index (κ3) is 2.16. The molecule has 2 heteroatoms. The fraction of sp³-hybridized carbons (Fsp3) is 0.462. The number of benzene rings is 1. The van der Waals surface area contributed by atoms with Crippen LogP contribution in [0.5, 0.6) is 0 Å². The van der Waals surface area contributed by atoms with E-state index < -0.39 is 0 Å². The van der Waals surface area contributed by atoms with Crippen LogP contribution in [0.4, 0.5) is 5.69 Å². The van der Waals surface area contributed by atoms with Gasteiger partial charge in [-0.25, -0.2) is 4.79 Å². The molecule has 0 saturated carbocycles. The molecule has 1 aromatic carbocycles. The van der Waals surface area contributed by atoms with Crippen LogP contribution in [-0.2, 0) is 4.79 Å². The molecular formula is C13H17NO. The Hall–Kier alpha value is -1.40. The third-order valence-corrected chi connectivity index (χ3v) is 2.79. The molecule has 2 nitrogen and oxygen atoms in total. The van der Waals surface area contributed by atoms with Crippen LogP contribution in [0.1, 0.15) is 42.0 Å². The van der Waals surface area contributed by atoms with Gasteiger partial charge in [-0.3, -0.25) is 0 Å². The Bertz CT molecular complexity index is 427. The van der Waals surface area contributed by atoms with Gasteiger partial charge in [0.15, 0.2) is 0 Å². The fourth-order valence-corrected chi connectivity index (χ4v) is 2.00. The van der Waals surface area contributed by atoms with Crippen LogP contribution in [-0.4, -0.2) is 6.08 Å². The summed E-state index contributed by atoms with van der Waals surface area (Å²) in [4.78, 5) is 14.2. The van der Waals surface area contributed by atoms with Gasteiger partial charge in [-0.1, -0.05) is 19.9 Å². The van der Waals surface area contributed by atoms with Gasteiger partial charge in [-0.05, 0) is 48.9 Å². The van der Waals surface area contributed by atoms with Crippen LogP contribution in [0, 0.1) is 20.8 Å². The Morgan fingerprint density at radius 1 is 1.20 bits per heavy atom. The average Bonchev–Trinajstić information content (AvgIpc) is 2.14. The van der Waals surface area contributed by atoms with Crippen molar-refractivity contribution in [3.8, 4) is 0 Å². The van der Waals surface area contributed by atoms with Gasteiger partial charge >= 0.3 is 0 Å². The van der Waals surface area contributed by atoms with Gasteiger partial charge in [0.2, 0.25) is 6.08 Å². The van der Waals surface area contributed by atoms with Crippen LogP contribution in [0.3, 0.4) is 0 Å². The quantitative estimate of drug-likeness (QED) is 0.532. The van der Waals surface area contributed by atoms with Gasteiger partial charge in [0, 0.05) is 0 Å². The molecule has 0 bridgehead atoms. The second kappa shape index (κ2) is 4.41. The summed E-state index contributed by atoms with van der Waals surface area (Å²) in [6.07, 6.45) is 1.64. The molecule has 1 aromatic rings. The molecule has 0 aliphatic carbocycles. The zero-order valence-corrected chi connectivity index (χ0v) is 10.0. The molecule has 0 unspecified atom stereocenters. The molecule has 1 rings (SSSR count). The molecule has 0 radical (unpaired) electrons. The number of aryl methyl sites for hydroxylation is 2. The van der Waals surface area contributed by atoms with Crippen molar-refractivity contribution in [2.45, 2.75) is 40.5 Å². The van der Waals surface area contributed by atoms with E-state index in [0.29, 0.717) is 5.92 Å². The van der Waals surface area contributed by atoms with E-state index in [1.54, 1.807) is 6.08 Å². The second-order valence-electron chi connectivity index (χ2n) is 4.26.